The van der Waals surface area contributed by atoms with Crippen molar-refractivity contribution in [3.8, 4) is 11.5 Å². The maximum Gasteiger partial charge on any atom is 0.326 e. The van der Waals surface area contributed by atoms with Gasteiger partial charge in [-0.3, -0.25) is 19.2 Å². The lowest BCUT2D eigenvalue weighted by Gasteiger charge is -2.29. The zero-order valence-electron chi connectivity index (χ0n) is 24.1. The highest BCUT2D eigenvalue weighted by Crippen LogP contribution is 2.32. The maximum absolute atomic E-state index is 12.8. The van der Waals surface area contributed by atoms with Crippen LogP contribution in [0.4, 0.5) is 0 Å². The highest BCUT2D eigenvalue weighted by molar-refractivity contribution is 5.81. The van der Waals surface area contributed by atoms with E-state index in [0.29, 0.717) is 18.4 Å². The quantitative estimate of drug-likeness (QED) is 0.249. The molecule has 2 N–H and O–H groups in total. The summed E-state index contributed by atoms with van der Waals surface area (Å²) in [5.74, 6) is -2.31. The van der Waals surface area contributed by atoms with Crippen molar-refractivity contribution in [1.29, 1.82) is 0 Å². The molecule has 0 aromatic heterocycles. The van der Waals surface area contributed by atoms with E-state index in [-0.39, 0.29) is 54.5 Å². The van der Waals surface area contributed by atoms with E-state index < -0.39 is 29.6 Å². The molecule has 0 bridgehead atoms. The maximum atomic E-state index is 12.8. The molecule has 0 aliphatic rings. The Morgan fingerprint density at radius 1 is 0.868 bits per heavy atom. The Kier molecular flexibility index (Phi) is 13.5. The molecule has 0 aliphatic heterocycles. The fourth-order valence-corrected chi connectivity index (χ4v) is 3.63. The van der Waals surface area contributed by atoms with Crippen molar-refractivity contribution in [1.82, 2.24) is 0 Å². The van der Waals surface area contributed by atoms with Gasteiger partial charge in [-0.2, -0.15) is 0 Å². The van der Waals surface area contributed by atoms with Crippen molar-refractivity contribution >= 4 is 23.9 Å². The highest BCUT2D eigenvalue weighted by Gasteiger charge is 2.38. The fraction of sp³-hybridized carbons (Fsp3) is 0.655. The Hall–Kier alpha value is -2.94. The minimum Gasteiger partial charge on any atom is -0.468 e. The van der Waals surface area contributed by atoms with E-state index in [1.165, 1.54) is 19.2 Å². The second-order valence-corrected chi connectivity index (χ2v) is 10.3. The molecule has 0 saturated heterocycles. The summed E-state index contributed by atoms with van der Waals surface area (Å²) in [7, 11) is 1.24. The fourth-order valence-electron chi connectivity index (χ4n) is 3.63. The van der Waals surface area contributed by atoms with Crippen LogP contribution in [-0.2, 0) is 35.1 Å². The van der Waals surface area contributed by atoms with E-state index in [4.69, 9.17) is 24.7 Å². The first-order valence-corrected chi connectivity index (χ1v) is 13.4. The predicted octanol–water partition coefficient (Wildman–Crippen LogP) is 4.76. The Morgan fingerprint density at radius 3 is 1.92 bits per heavy atom. The van der Waals surface area contributed by atoms with E-state index in [9.17, 15) is 19.2 Å². The first kappa shape index (κ1) is 33.1. The number of esters is 4. The van der Waals surface area contributed by atoms with E-state index in [1.54, 1.807) is 26.8 Å². The lowest BCUT2D eigenvalue weighted by molar-refractivity contribution is -0.155. The summed E-state index contributed by atoms with van der Waals surface area (Å²) in [5.41, 5.74) is 5.54. The van der Waals surface area contributed by atoms with Gasteiger partial charge in [0.1, 0.15) is 11.6 Å². The van der Waals surface area contributed by atoms with Crippen LogP contribution in [0.15, 0.2) is 18.2 Å². The monoisotopic (exact) mass is 535 g/mol. The van der Waals surface area contributed by atoms with Crippen LogP contribution in [0.5, 0.6) is 11.5 Å². The molecule has 0 spiro atoms. The summed E-state index contributed by atoms with van der Waals surface area (Å²) in [5, 5.41) is 0. The smallest absolute Gasteiger partial charge is 0.326 e. The van der Waals surface area contributed by atoms with Gasteiger partial charge in [0.05, 0.1) is 18.9 Å². The van der Waals surface area contributed by atoms with Crippen LogP contribution in [0.2, 0.25) is 0 Å². The molecular formula is C29H45NO8. The number of hydrogen-bond donors (Lipinski definition) is 1. The van der Waals surface area contributed by atoms with E-state index >= 15 is 0 Å². The molecule has 0 aliphatic carbocycles. The van der Waals surface area contributed by atoms with Gasteiger partial charge in [0.2, 0.25) is 0 Å². The average Bonchev–Trinajstić information content (AvgIpc) is 2.87. The molecule has 0 radical (unpaired) electrons. The lowest BCUT2D eigenvalue weighted by atomic mass is 9.86. The van der Waals surface area contributed by atoms with Gasteiger partial charge < -0.3 is 24.7 Å². The SMILES string of the molecule is CCC(C)CC(=O)OC(C)C[C@@](N)(Cc1ccc(OC(=O)C(C)CC)c(OC(=O)C(C)CC)c1)C(=O)OC. The summed E-state index contributed by atoms with van der Waals surface area (Å²) in [6.07, 6.45) is 1.65. The molecule has 0 fully saturated rings. The van der Waals surface area contributed by atoms with Gasteiger partial charge in [-0.1, -0.05) is 54.0 Å². The van der Waals surface area contributed by atoms with Crippen molar-refractivity contribution in [3.63, 3.8) is 0 Å². The van der Waals surface area contributed by atoms with Crippen molar-refractivity contribution in [2.45, 2.75) is 98.6 Å². The minimum absolute atomic E-state index is 0.000394. The molecule has 9 heteroatoms. The van der Waals surface area contributed by atoms with Crippen LogP contribution in [0, 0.1) is 17.8 Å². The molecule has 214 valence electrons. The number of carbonyl (C=O) groups excluding carboxylic acids is 4. The zero-order chi connectivity index (χ0) is 29.0. The summed E-state index contributed by atoms with van der Waals surface area (Å²) in [6, 6.07) is 4.69. The molecule has 1 aromatic carbocycles. The first-order chi connectivity index (χ1) is 17.8. The van der Waals surface area contributed by atoms with Gasteiger partial charge >= 0.3 is 23.9 Å². The largest absolute Gasteiger partial charge is 0.468 e. The van der Waals surface area contributed by atoms with Crippen LogP contribution in [-0.4, -0.2) is 42.6 Å². The van der Waals surface area contributed by atoms with Crippen LogP contribution in [0.3, 0.4) is 0 Å². The number of methoxy groups -OCH3 is 1. The number of hydrogen-bond acceptors (Lipinski definition) is 9. The van der Waals surface area contributed by atoms with E-state index in [1.807, 2.05) is 27.7 Å². The second kappa shape index (κ2) is 15.5. The molecule has 9 nitrogen and oxygen atoms in total. The molecule has 5 atom stereocenters. The Balaban J connectivity index is 3.26. The Bertz CT molecular complexity index is 962. The summed E-state index contributed by atoms with van der Waals surface area (Å²) < 4.78 is 21.6. The summed E-state index contributed by atoms with van der Waals surface area (Å²) in [6.45, 7) is 12.9. The van der Waals surface area contributed by atoms with E-state index in [0.717, 1.165) is 6.42 Å². The molecule has 0 heterocycles. The average molecular weight is 536 g/mol. The molecule has 38 heavy (non-hydrogen) atoms. The van der Waals surface area contributed by atoms with Gasteiger partial charge in [-0.15, -0.1) is 0 Å². The standard InChI is InChI=1S/C29H45NO8/c1-9-18(4)14-25(31)36-21(7)16-29(30,28(34)35-8)17-22-12-13-23(37-26(32)19(5)10-2)24(15-22)38-27(33)20(6)11-3/h12-13,15,18-21H,9-11,14,16-17,30H2,1-8H3/t18?,19?,20?,21?,29-/m1/s1. The van der Waals surface area contributed by atoms with Gasteiger partial charge in [0.15, 0.2) is 11.5 Å². The third-order valence-corrected chi connectivity index (χ3v) is 6.77. The molecule has 0 saturated carbocycles. The first-order valence-electron chi connectivity index (χ1n) is 13.4. The third-order valence-electron chi connectivity index (χ3n) is 6.77. The third kappa shape index (κ3) is 10.1. The number of nitrogens with two attached hydrogens (primary N) is 1. The molecule has 4 unspecified atom stereocenters. The van der Waals surface area contributed by atoms with Crippen molar-refractivity contribution in [2.24, 2.45) is 23.5 Å². The zero-order valence-corrected chi connectivity index (χ0v) is 24.1. The van der Waals surface area contributed by atoms with Crippen LogP contribution >= 0.6 is 0 Å². The topological polar surface area (TPSA) is 131 Å². The predicted molar refractivity (Wildman–Crippen MR) is 144 cm³/mol. The van der Waals surface area contributed by atoms with Gasteiger partial charge in [-0.25, -0.2) is 0 Å². The van der Waals surface area contributed by atoms with Crippen molar-refractivity contribution in [2.75, 3.05) is 7.11 Å². The normalized spacial score (nSPS) is 15.8. The number of carbonyl (C=O) groups is 4. The molecule has 0 amide bonds. The number of rotatable bonds is 15. The Labute approximate surface area is 226 Å². The summed E-state index contributed by atoms with van der Waals surface area (Å²) >= 11 is 0. The Morgan fingerprint density at radius 2 is 1.42 bits per heavy atom. The molecular weight excluding hydrogens is 490 g/mol. The van der Waals surface area contributed by atoms with Gasteiger partial charge in [0, 0.05) is 19.3 Å². The second-order valence-electron chi connectivity index (χ2n) is 10.3. The van der Waals surface area contributed by atoms with Crippen LogP contribution in [0.1, 0.15) is 86.1 Å². The van der Waals surface area contributed by atoms with Crippen LogP contribution < -0.4 is 15.2 Å². The summed E-state index contributed by atoms with van der Waals surface area (Å²) in [4.78, 5) is 50.0. The van der Waals surface area contributed by atoms with E-state index in [2.05, 4.69) is 0 Å². The highest BCUT2D eigenvalue weighted by atomic mass is 16.6. The van der Waals surface area contributed by atoms with Gasteiger partial charge in [0.25, 0.3) is 0 Å². The molecule has 1 rings (SSSR count). The van der Waals surface area contributed by atoms with Crippen molar-refractivity contribution in [3.05, 3.63) is 23.8 Å². The number of ether oxygens (including phenoxy) is 4. The molecule has 1 aromatic rings. The van der Waals surface area contributed by atoms with Crippen molar-refractivity contribution < 1.29 is 38.1 Å². The number of benzene rings is 1. The van der Waals surface area contributed by atoms with Gasteiger partial charge in [-0.05, 0) is 43.4 Å². The minimum atomic E-state index is -1.53. The lowest BCUT2D eigenvalue weighted by Crippen LogP contribution is -2.53. The van der Waals surface area contributed by atoms with Crippen LogP contribution in [0.25, 0.3) is 0 Å².